The molecule has 4 nitrogen and oxygen atoms in total. The van der Waals surface area contributed by atoms with Crippen LogP contribution in [-0.4, -0.2) is 10.9 Å². The molecule has 0 saturated carbocycles. The normalized spacial score (nSPS) is 10.5. The topological polar surface area (TPSA) is 68.0 Å². The lowest BCUT2D eigenvalue weighted by atomic mass is 10.1. The minimum atomic E-state index is -0.472. The van der Waals surface area contributed by atoms with E-state index in [4.69, 9.17) is 5.73 Å². The molecule has 2 aromatic carbocycles. The predicted octanol–water partition coefficient (Wildman–Crippen LogP) is 3.21. The number of amides is 1. The Bertz CT molecular complexity index is 827. The lowest BCUT2D eigenvalue weighted by molar-refractivity contribution is 0.102. The fraction of sp³-hybridized carbons (Fsp3) is 0. The van der Waals surface area contributed by atoms with Crippen molar-refractivity contribution in [1.82, 2.24) is 4.98 Å². The number of nitrogens with one attached hydrogen (secondary N) is 1. The Hall–Kier alpha value is -2.95. The number of hydrogen-bond acceptors (Lipinski definition) is 3. The molecule has 0 fully saturated rings. The molecule has 0 spiro atoms. The summed E-state index contributed by atoms with van der Waals surface area (Å²) < 4.78 is 13.0. The Kier molecular flexibility index (Phi) is 3.23. The van der Waals surface area contributed by atoms with Gasteiger partial charge in [0, 0.05) is 34.5 Å². The summed E-state index contributed by atoms with van der Waals surface area (Å²) in [7, 11) is 0. The van der Waals surface area contributed by atoms with E-state index in [0.717, 1.165) is 16.8 Å². The molecule has 0 aliphatic carbocycles. The second-order valence-corrected chi connectivity index (χ2v) is 4.59. The van der Waals surface area contributed by atoms with Crippen molar-refractivity contribution in [2.45, 2.75) is 0 Å². The largest absolute Gasteiger partial charge is 0.398 e. The number of fused-ring (bicyclic) bond motifs is 1. The van der Waals surface area contributed by atoms with Gasteiger partial charge in [0.2, 0.25) is 0 Å². The van der Waals surface area contributed by atoms with Gasteiger partial charge in [0.1, 0.15) is 5.82 Å². The second kappa shape index (κ2) is 5.20. The molecule has 1 aromatic heterocycles. The molecule has 21 heavy (non-hydrogen) atoms. The second-order valence-electron chi connectivity index (χ2n) is 4.59. The minimum absolute atomic E-state index is 0.106. The molecule has 1 amide bonds. The third-order valence-corrected chi connectivity index (χ3v) is 3.19. The highest BCUT2D eigenvalue weighted by atomic mass is 19.1. The molecule has 104 valence electrons. The highest BCUT2D eigenvalue weighted by Gasteiger charge is 2.12. The van der Waals surface area contributed by atoms with Crippen LogP contribution >= 0.6 is 0 Å². The van der Waals surface area contributed by atoms with Gasteiger partial charge in [-0.2, -0.15) is 0 Å². The Labute approximate surface area is 120 Å². The van der Waals surface area contributed by atoms with Gasteiger partial charge in [-0.25, -0.2) is 4.39 Å². The predicted molar refractivity (Wildman–Crippen MR) is 80.5 cm³/mol. The van der Waals surface area contributed by atoms with Crippen LogP contribution in [0.4, 0.5) is 15.8 Å². The number of nitrogens with zero attached hydrogens (tertiary/aromatic N) is 1. The maximum absolute atomic E-state index is 13.0. The van der Waals surface area contributed by atoms with Gasteiger partial charge >= 0.3 is 0 Å². The molecule has 0 saturated heterocycles. The first-order chi connectivity index (χ1) is 10.1. The van der Waals surface area contributed by atoms with Gasteiger partial charge < -0.3 is 11.1 Å². The van der Waals surface area contributed by atoms with Crippen molar-refractivity contribution >= 4 is 28.1 Å². The first kappa shape index (κ1) is 13.1. The molecule has 0 aliphatic rings. The van der Waals surface area contributed by atoms with E-state index < -0.39 is 5.82 Å². The van der Waals surface area contributed by atoms with Crippen molar-refractivity contribution in [2.24, 2.45) is 0 Å². The van der Waals surface area contributed by atoms with Crippen molar-refractivity contribution in [3.05, 3.63) is 66.2 Å². The standard InChI is InChI=1S/C16H12FN3O/c17-11-4-5-13(14(18)8-11)16(21)20-15-3-1-2-10-9-19-7-6-12(10)15/h1-9H,18H2,(H,20,21). The SMILES string of the molecule is Nc1cc(F)ccc1C(=O)Nc1cccc2cnccc12. The Morgan fingerprint density at radius 2 is 2.05 bits per heavy atom. The van der Waals surface area contributed by atoms with Gasteiger partial charge in [-0.05, 0) is 30.3 Å². The van der Waals surface area contributed by atoms with Gasteiger partial charge in [-0.1, -0.05) is 12.1 Å². The summed E-state index contributed by atoms with van der Waals surface area (Å²) in [6, 6.07) is 11.0. The van der Waals surface area contributed by atoms with E-state index in [1.54, 1.807) is 18.5 Å². The third-order valence-electron chi connectivity index (χ3n) is 3.19. The zero-order valence-electron chi connectivity index (χ0n) is 11.0. The van der Waals surface area contributed by atoms with Crippen LogP contribution in [0.5, 0.6) is 0 Å². The van der Waals surface area contributed by atoms with E-state index in [1.165, 1.54) is 12.1 Å². The molecular formula is C16H12FN3O. The Morgan fingerprint density at radius 3 is 2.86 bits per heavy atom. The zero-order chi connectivity index (χ0) is 14.8. The van der Waals surface area contributed by atoms with Crippen molar-refractivity contribution in [1.29, 1.82) is 0 Å². The van der Waals surface area contributed by atoms with Crippen LogP contribution in [0.25, 0.3) is 10.8 Å². The van der Waals surface area contributed by atoms with E-state index in [2.05, 4.69) is 10.3 Å². The van der Waals surface area contributed by atoms with Crippen molar-refractivity contribution in [2.75, 3.05) is 11.1 Å². The average molecular weight is 281 g/mol. The van der Waals surface area contributed by atoms with E-state index in [1.807, 2.05) is 18.2 Å². The number of pyridine rings is 1. The number of halogens is 1. The fourth-order valence-corrected chi connectivity index (χ4v) is 2.16. The summed E-state index contributed by atoms with van der Waals surface area (Å²) in [4.78, 5) is 16.3. The van der Waals surface area contributed by atoms with Gasteiger partial charge in [-0.3, -0.25) is 9.78 Å². The number of carbonyl (C=O) groups is 1. The molecule has 0 aliphatic heterocycles. The highest BCUT2D eigenvalue weighted by Crippen LogP contribution is 2.23. The minimum Gasteiger partial charge on any atom is -0.398 e. The first-order valence-corrected chi connectivity index (χ1v) is 6.34. The number of aromatic nitrogens is 1. The lowest BCUT2D eigenvalue weighted by Gasteiger charge is -2.10. The van der Waals surface area contributed by atoms with Crippen LogP contribution in [0.3, 0.4) is 0 Å². The molecule has 1 heterocycles. The zero-order valence-corrected chi connectivity index (χ0v) is 11.0. The van der Waals surface area contributed by atoms with Gasteiger partial charge in [0.15, 0.2) is 0 Å². The van der Waals surface area contributed by atoms with E-state index in [0.29, 0.717) is 5.69 Å². The number of hydrogen-bond donors (Lipinski definition) is 2. The summed E-state index contributed by atoms with van der Waals surface area (Å²) in [6.45, 7) is 0. The molecule has 3 aromatic rings. The number of nitrogens with two attached hydrogens (primary N) is 1. The summed E-state index contributed by atoms with van der Waals surface area (Å²) in [5, 5.41) is 4.59. The monoisotopic (exact) mass is 281 g/mol. The van der Waals surface area contributed by atoms with E-state index >= 15 is 0 Å². The van der Waals surface area contributed by atoms with Crippen LogP contribution < -0.4 is 11.1 Å². The summed E-state index contributed by atoms with van der Waals surface area (Å²) in [5.74, 6) is -0.850. The van der Waals surface area contributed by atoms with Crippen LogP contribution in [0.15, 0.2) is 54.9 Å². The number of carbonyl (C=O) groups excluding carboxylic acids is 1. The summed E-state index contributed by atoms with van der Waals surface area (Å²) in [5.41, 5.74) is 6.68. The molecule has 0 bridgehead atoms. The van der Waals surface area contributed by atoms with E-state index in [9.17, 15) is 9.18 Å². The molecule has 0 atom stereocenters. The number of benzene rings is 2. The van der Waals surface area contributed by atoms with Crippen LogP contribution in [-0.2, 0) is 0 Å². The average Bonchev–Trinajstić information content (AvgIpc) is 2.47. The van der Waals surface area contributed by atoms with Gasteiger partial charge in [0.05, 0.1) is 5.56 Å². The highest BCUT2D eigenvalue weighted by molar-refractivity contribution is 6.11. The van der Waals surface area contributed by atoms with Gasteiger partial charge in [-0.15, -0.1) is 0 Å². The van der Waals surface area contributed by atoms with Crippen LogP contribution in [0, 0.1) is 5.82 Å². The number of rotatable bonds is 2. The smallest absolute Gasteiger partial charge is 0.257 e. The maximum Gasteiger partial charge on any atom is 0.257 e. The third kappa shape index (κ3) is 2.53. The van der Waals surface area contributed by atoms with Crippen molar-refractivity contribution in [3.63, 3.8) is 0 Å². The number of anilines is 2. The molecule has 3 N–H and O–H groups in total. The molecule has 5 heteroatoms. The van der Waals surface area contributed by atoms with Gasteiger partial charge in [0.25, 0.3) is 5.91 Å². The summed E-state index contributed by atoms with van der Waals surface area (Å²) in [6.07, 6.45) is 3.38. The molecular weight excluding hydrogens is 269 g/mol. The van der Waals surface area contributed by atoms with Crippen LogP contribution in [0.1, 0.15) is 10.4 Å². The molecule has 0 unspecified atom stereocenters. The molecule has 3 rings (SSSR count). The first-order valence-electron chi connectivity index (χ1n) is 6.34. The van der Waals surface area contributed by atoms with E-state index in [-0.39, 0.29) is 17.2 Å². The Balaban J connectivity index is 1.97. The van der Waals surface area contributed by atoms with Crippen molar-refractivity contribution in [3.8, 4) is 0 Å². The number of nitrogen functional groups attached to an aromatic ring is 1. The van der Waals surface area contributed by atoms with Crippen molar-refractivity contribution < 1.29 is 9.18 Å². The quantitative estimate of drug-likeness (QED) is 0.709. The Morgan fingerprint density at radius 1 is 1.19 bits per heavy atom. The summed E-state index contributed by atoms with van der Waals surface area (Å²) >= 11 is 0. The molecule has 0 radical (unpaired) electrons. The maximum atomic E-state index is 13.0. The fourth-order valence-electron chi connectivity index (χ4n) is 2.16. The lowest BCUT2D eigenvalue weighted by Crippen LogP contribution is -2.14. The van der Waals surface area contributed by atoms with Crippen LogP contribution in [0.2, 0.25) is 0 Å².